The summed E-state index contributed by atoms with van der Waals surface area (Å²) in [5.74, 6) is -2.14. The highest BCUT2D eigenvalue weighted by Gasteiger charge is 2.37. The van der Waals surface area contributed by atoms with Crippen molar-refractivity contribution < 1.29 is 14.3 Å². The van der Waals surface area contributed by atoms with Gasteiger partial charge in [-0.2, -0.15) is 5.26 Å². The molecule has 0 aliphatic rings. The van der Waals surface area contributed by atoms with Crippen molar-refractivity contribution in [3.05, 3.63) is 102 Å². The number of methoxy groups -OCH3 is 1. The van der Waals surface area contributed by atoms with Crippen LogP contribution in [-0.4, -0.2) is 18.7 Å². The highest BCUT2D eigenvalue weighted by Crippen LogP contribution is 2.31. The van der Waals surface area contributed by atoms with Gasteiger partial charge in [0.2, 0.25) is 0 Å². The first kappa shape index (κ1) is 19.1. The van der Waals surface area contributed by atoms with Gasteiger partial charge in [-0.15, -0.1) is 0 Å². The van der Waals surface area contributed by atoms with Gasteiger partial charge in [0, 0.05) is 11.1 Å². The number of ketones is 2. The van der Waals surface area contributed by atoms with Crippen molar-refractivity contribution in [3.8, 4) is 11.8 Å². The molecule has 0 aliphatic heterocycles. The van der Waals surface area contributed by atoms with Crippen LogP contribution < -0.4 is 4.74 Å². The fraction of sp³-hybridized carbons (Fsp3) is 0.125. The fourth-order valence-corrected chi connectivity index (χ4v) is 3.14. The molecule has 0 aliphatic carbocycles. The quantitative estimate of drug-likeness (QED) is 0.448. The summed E-state index contributed by atoms with van der Waals surface area (Å²) in [5, 5.41) is 9.88. The van der Waals surface area contributed by atoms with E-state index < -0.39 is 11.8 Å². The molecule has 0 saturated carbocycles. The van der Waals surface area contributed by atoms with Gasteiger partial charge in [0.25, 0.3) is 0 Å². The van der Waals surface area contributed by atoms with Crippen molar-refractivity contribution in [3.63, 3.8) is 0 Å². The Balaban J connectivity index is 2.07. The van der Waals surface area contributed by atoms with Gasteiger partial charge in [0.05, 0.1) is 19.1 Å². The van der Waals surface area contributed by atoms with Crippen LogP contribution in [0.4, 0.5) is 0 Å². The van der Waals surface area contributed by atoms with Gasteiger partial charge in [-0.25, -0.2) is 0 Å². The van der Waals surface area contributed by atoms with E-state index in [1.54, 1.807) is 92.0 Å². The molecule has 0 radical (unpaired) electrons. The molecule has 0 unspecified atom stereocenters. The Labute approximate surface area is 164 Å². The average molecular weight is 369 g/mol. The molecular weight excluding hydrogens is 350 g/mol. The zero-order valence-electron chi connectivity index (χ0n) is 15.4. The first-order valence-corrected chi connectivity index (χ1v) is 8.87. The second kappa shape index (κ2) is 8.79. The largest absolute Gasteiger partial charge is 0.497 e. The molecule has 0 heterocycles. The highest BCUT2D eigenvalue weighted by atomic mass is 16.5. The van der Waals surface area contributed by atoms with E-state index in [1.807, 2.05) is 0 Å². The molecule has 3 rings (SSSR count). The number of carbonyl (C=O) groups is 2. The molecule has 4 heteroatoms. The summed E-state index contributed by atoms with van der Waals surface area (Å²) >= 11 is 0. The SMILES string of the molecule is COc1ccc([C@H](C#N)C(C(=O)c2ccccc2)C(=O)c2ccccc2)cc1. The highest BCUT2D eigenvalue weighted by molar-refractivity contribution is 6.17. The molecule has 0 amide bonds. The van der Waals surface area contributed by atoms with Gasteiger partial charge in [0.15, 0.2) is 11.6 Å². The number of nitriles is 1. The van der Waals surface area contributed by atoms with Crippen LogP contribution in [0.5, 0.6) is 5.75 Å². The Morgan fingerprint density at radius 2 is 1.25 bits per heavy atom. The Kier molecular flexibility index (Phi) is 5.98. The predicted molar refractivity (Wildman–Crippen MR) is 106 cm³/mol. The Hall–Kier alpha value is -3.71. The normalized spacial score (nSPS) is 11.5. The van der Waals surface area contributed by atoms with Crippen molar-refractivity contribution >= 4 is 11.6 Å². The first-order chi connectivity index (χ1) is 13.7. The number of nitrogens with zero attached hydrogens (tertiary/aromatic N) is 1. The van der Waals surface area contributed by atoms with Crippen LogP contribution in [-0.2, 0) is 0 Å². The van der Waals surface area contributed by atoms with Gasteiger partial charge in [0.1, 0.15) is 11.7 Å². The van der Waals surface area contributed by atoms with Crippen LogP contribution >= 0.6 is 0 Å². The maximum absolute atomic E-state index is 13.3. The van der Waals surface area contributed by atoms with Gasteiger partial charge >= 0.3 is 0 Å². The van der Waals surface area contributed by atoms with Crippen molar-refractivity contribution in [2.45, 2.75) is 5.92 Å². The number of carbonyl (C=O) groups excluding carboxylic acids is 2. The van der Waals surface area contributed by atoms with E-state index >= 15 is 0 Å². The molecule has 0 bridgehead atoms. The molecule has 1 atom stereocenters. The van der Waals surface area contributed by atoms with Crippen LogP contribution in [0.1, 0.15) is 32.2 Å². The second-order valence-corrected chi connectivity index (χ2v) is 6.32. The molecule has 4 nitrogen and oxygen atoms in total. The minimum absolute atomic E-state index is 0.364. The lowest BCUT2D eigenvalue weighted by Gasteiger charge is -2.21. The summed E-state index contributed by atoms with van der Waals surface area (Å²) in [6.45, 7) is 0. The summed E-state index contributed by atoms with van der Waals surface area (Å²) in [6, 6.07) is 26.3. The Morgan fingerprint density at radius 3 is 1.64 bits per heavy atom. The minimum Gasteiger partial charge on any atom is -0.497 e. The Morgan fingerprint density at radius 1 is 0.786 bits per heavy atom. The summed E-state index contributed by atoms with van der Waals surface area (Å²) in [4.78, 5) is 26.5. The zero-order chi connectivity index (χ0) is 19.9. The molecule has 3 aromatic rings. The van der Waals surface area contributed by atoms with E-state index in [1.165, 1.54) is 0 Å². The van der Waals surface area contributed by atoms with E-state index in [4.69, 9.17) is 4.74 Å². The Bertz CT molecular complexity index is 938. The number of ether oxygens (including phenoxy) is 1. The zero-order valence-corrected chi connectivity index (χ0v) is 15.4. The van der Waals surface area contributed by atoms with Crippen LogP contribution in [0, 0.1) is 17.2 Å². The van der Waals surface area contributed by atoms with Gasteiger partial charge < -0.3 is 4.74 Å². The topological polar surface area (TPSA) is 67.2 Å². The molecule has 138 valence electrons. The smallest absolute Gasteiger partial charge is 0.175 e. The molecular formula is C24H19NO3. The first-order valence-electron chi connectivity index (χ1n) is 8.87. The van der Waals surface area contributed by atoms with E-state index in [2.05, 4.69) is 6.07 Å². The summed E-state index contributed by atoms with van der Waals surface area (Å²) in [6.07, 6.45) is 0. The maximum atomic E-state index is 13.3. The van der Waals surface area contributed by atoms with Crippen molar-refractivity contribution in [2.24, 2.45) is 5.92 Å². The number of hydrogen-bond donors (Lipinski definition) is 0. The standard InChI is InChI=1S/C24H19NO3/c1-28-20-14-12-17(13-15-20)21(16-25)22(23(26)18-8-4-2-5-9-18)24(27)19-10-6-3-7-11-19/h2-15,21-22H,1H3/t21-/m0/s1. The second-order valence-electron chi connectivity index (χ2n) is 6.32. The minimum atomic E-state index is -1.14. The number of rotatable bonds is 7. The lowest BCUT2D eigenvalue weighted by atomic mass is 9.77. The fourth-order valence-electron chi connectivity index (χ4n) is 3.14. The van der Waals surface area contributed by atoms with Gasteiger partial charge in [-0.1, -0.05) is 72.8 Å². The van der Waals surface area contributed by atoms with E-state index in [9.17, 15) is 14.9 Å². The van der Waals surface area contributed by atoms with Crippen molar-refractivity contribution in [2.75, 3.05) is 7.11 Å². The third kappa shape index (κ3) is 3.99. The molecule has 28 heavy (non-hydrogen) atoms. The van der Waals surface area contributed by atoms with Crippen LogP contribution in [0.2, 0.25) is 0 Å². The van der Waals surface area contributed by atoms with Gasteiger partial charge in [-0.3, -0.25) is 9.59 Å². The third-order valence-electron chi connectivity index (χ3n) is 4.63. The lowest BCUT2D eigenvalue weighted by molar-refractivity contribution is 0.0796. The van der Waals surface area contributed by atoms with Crippen molar-refractivity contribution in [1.29, 1.82) is 5.26 Å². The monoisotopic (exact) mass is 369 g/mol. The van der Waals surface area contributed by atoms with Crippen molar-refractivity contribution in [1.82, 2.24) is 0 Å². The molecule has 0 fully saturated rings. The molecule has 0 N–H and O–H groups in total. The van der Waals surface area contributed by atoms with Crippen LogP contribution in [0.3, 0.4) is 0 Å². The van der Waals surface area contributed by atoms with Crippen LogP contribution in [0.15, 0.2) is 84.9 Å². The maximum Gasteiger partial charge on any atom is 0.175 e. The number of Topliss-reactive ketones (excluding diaryl/α,β-unsaturated/α-hetero) is 2. The predicted octanol–water partition coefficient (Wildman–Crippen LogP) is 4.68. The van der Waals surface area contributed by atoms with E-state index in [0.717, 1.165) is 0 Å². The third-order valence-corrected chi connectivity index (χ3v) is 4.63. The molecule has 0 spiro atoms. The molecule has 0 aromatic heterocycles. The average Bonchev–Trinajstić information content (AvgIpc) is 2.78. The van der Waals surface area contributed by atoms with Gasteiger partial charge in [-0.05, 0) is 17.7 Å². The number of hydrogen-bond acceptors (Lipinski definition) is 4. The summed E-state index contributed by atoms with van der Waals surface area (Å²) in [5.41, 5.74) is 1.41. The lowest BCUT2D eigenvalue weighted by Crippen LogP contribution is -2.30. The van der Waals surface area contributed by atoms with E-state index in [0.29, 0.717) is 22.4 Å². The molecule has 3 aromatic carbocycles. The van der Waals surface area contributed by atoms with E-state index in [-0.39, 0.29) is 11.6 Å². The summed E-state index contributed by atoms with van der Waals surface area (Å²) in [7, 11) is 1.55. The molecule has 0 saturated heterocycles. The number of benzene rings is 3. The van der Waals surface area contributed by atoms with Crippen LogP contribution in [0.25, 0.3) is 0 Å². The summed E-state index contributed by atoms with van der Waals surface area (Å²) < 4.78 is 5.16.